The van der Waals surface area contributed by atoms with E-state index >= 15 is 0 Å². The first-order chi connectivity index (χ1) is 13.0. The molecule has 0 amide bonds. The fraction of sp³-hybridized carbons (Fsp3) is 0.421. The third-order valence-electron chi connectivity index (χ3n) is 5.28. The quantitative estimate of drug-likeness (QED) is 0.797. The van der Waals surface area contributed by atoms with Crippen molar-refractivity contribution >= 4 is 21.5 Å². The highest BCUT2D eigenvalue weighted by molar-refractivity contribution is 7.89. The van der Waals surface area contributed by atoms with E-state index in [0.717, 1.165) is 50.5 Å². The number of H-pyrrole nitrogens is 1. The summed E-state index contributed by atoms with van der Waals surface area (Å²) >= 11 is 0. The first-order valence-corrected chi connectivity index (χ1v) is 10.8. The summed E-state index contributed by atoms with van der Waals surface area (Å²) in [6.07, 6.45) is 3.45. The third kappa shape index (κ3) is 3.77. The number of hydrogen-bond donors (Lipinski definition) is 0. The van der Waals surface area contributed by atoms with Gasteiger partial charge in [-0.2, -0.15) is 4.31 Å². The Hall–Kier alpha value is -2.19. The fourth-order valence-electron chi connectivity index (χ4n) is 3.69. The lowest BCUT2D eigenvalue weighted by atomic mass is 10.2. The second-order valence-corrected chi connectivity index (χ2v) is 8.91. The maximum absolute atomic E-state index is 13.1. The van der Waals surface area contributed by atoms with Crippen molar-refractivity contribution in [3.05, 3.63) is 48.4 Å². The summed E-state index contributed by atoms with van der Waals surface area (Å²) in [6, 6.07) is 10.1. The Morgan fingerprint density at radius 3 is 2.04 bits per heavy atom. The minimum Gasteiger partial charge on any atom is -0.364 e. The molecule has 2 aromatic rings. The fourth-order valence-corrected chi connectivity index (χ4v) is 5.18. The van der Waals surface area contributed by atoms with Crippen molar-refractivity contribution in [3.63, 3.8) is 0 Å². The molecule has 2 aliphatic rings. The number of pyridine rings is 1. The van der Waals surface area contributed by atoms with Crippen LogP contribution in [0.3, 0.4) is 0 Å². The molecule has 0 saturated carbocycles. The van der Waals surface area contributed by atoms with E-state index in [1.54, 1.807) is 28.7 Å². The van der Waals surface area contributed by atoms with Gasteiger partial charge in [0.1, 0.15) is 30.0 Å². The summed E-state index contributed by atoms with van der Waals surface area (Å²) in [5, 5.41) is 0. The van der Waals surface area contributed by atoms with Crippen LogP contribution in [0.15, 0.2) is 47.5 Å². The van der Waals surface area contributed by atoms with E-state index in [2.05, 4.69) is 14.8 Å². The van der Waals surface area contributed by atoms with Crippen LogP contribution in [0.4, 0.5) is 15.9 Å². The number of sulfonamides is 1. The van der Waals surface area contributed by atoms with Gasteiger partial charge in [-0.15, -0.1) is 0 Å². The molecule has 0 atom stereocenters. The van der Waals surface area contributed by atoms with Crippen LogP contribution in [0.25, 0.3) is 0 Å². The van der Waals surface area contributed by atoms with E-state index < -0.39 is 10.0 Å². The summed E-state index contributed by atoms with van der Waals surface area (Å²) in [7, 11) is -3.39. The number of benzene rings is 1. The summed E-state index contributed by atoms with van der Waals surface area (Å²) < 4.78 is 39.8. The summed E-state index contributed by atoms with van der Waals surface area (Å²) in [6.45, 7) is 4.49. The Labute approximate surface area is 159 Å². The van der Waals surface area contributed by atoms with E-state index in [1.807, 2.05) is 6.07 Å². The highest BCUT2D eigenvalue weighted by Crippen LogP contribution is 2.22. The van der Waals surface area contributed by atoms with Crippen LogP contribution in [0.2, 0.25) is 0 Å². The standard InChI is InChI=1S/C19H23FN4O2S/c20-16-3-5-17(6-4-16)22-11-13-23(14-12-22)19-8-7-18(15-21-19)27(25,26)24-9-1-2-10-24/h3-8,15H,1-2,9-14H2/p+1. The number of nitrogens with zero attached hydrogens (tertiary/aromatic N) is 3. The summed E-state index contributed by atoms with van der Waals surface area (Å²) in [5.74, 6) is 0.685. The van der Waals surface area contributed by atoms with Crippen molar-refractivity contribution in [1.82, 2.24) is 4.31 Å². The molecule has 0 unspecified atom stereocenters. The topological polar surface area (TPSA) is 58.0 Å². The Kier molecular flexibility index (Phi) is 5.01. The van der Waals surface area contributed by atoms with E-state index in [4.69, 9.17) is 0 Å². The largest absolute Gasteiger partial charge is 0.364 e. The summed E-state index contributed by atoms with van der Waals surface area (Å²) in [4.78, 5) is 7.89. The van der Waals surface area contributed by atoms with E-state index in [9.17, 15) is 12.8 Å². The minimum absolute atomic E-state index is 0.226. The smallest absolute Gasteiger partial charge is 0.274 e. The molecule has 1 N–H and O–H groups in total. The molecule has 2 aliphatic heterocycles. The molecule has 1 aromatic carbocycles. The van der Waals surface area contributed by atoms with Gasteiger partial charge in [-0.3, -0.25) is 4.90 Å². The molecular weight excluding hydrogens is 367 g/mol. The average Bonchev–Trinajstić information content (AvgIpc) is 3.25. The third-order valence-corrected chi connectivity index (χ3v) is 7.18. The van der Waals surface area contributed by atoms with Gasteiger partial charge in [0.2, 0.25) is 10.0 Å². The van der Waals surface area contributed by atoms with E-state index in [0.29, 0.717) is 18.0 Å². The highest BCUT2D eigenvalue weighted by atomic mass is 32.2. The van der Waals surface area contributed by atoms with Crippen molar-refractivity contribution in [3.8, 4) is 0 Å². The van der Waals surface area contributed by atoms with E-state index in [-0.39, 0.29) is 5.82 Å². The van der Waals surface area contributed by atoms with Crippen LogP contribution in [-0.4, -0.2) is 52.0 Å². The van der Waals surface area contributed by atoms with Gasteiger partial charge in [-0.1, -0.05) is 0 Å². The van der Waals surface area contributed by atoms with Crippen LogP contribution in [0, 0.1) is 5.82 Å². The van der Waals surface area contributed by atoms with Gasteiger partial charge in [0.05, 0.1) is 13.1 Å². The SMILES string of the molecule is O=S(=O)(c1ccc(N2CCN(c3ccc(F)cc3)CC2)[nH+]c1)N1CCCC1. The monoisotopic (exact) mass is 391 g/mol. The van der Waals surface area contributed by atoms with E-state index in [1.165, 1.54) is 12.1 Å². The van der Waals surface area contributed by atoms with Crippen molar-refractivity contribution < 1.29 is 17.8 Å². The average molecular weight is 391 g/mol. The number of piperazine rings is 1. The number of halogens is 1. The van der Waals surface area contributed by atoms with Gasteiger partial charge in [-0.05, 0) is 43.2 Å². The van der Waals surface area contributed by atoms with Crippen LogP contribution in [-0.2, 0) is 10.0 Å². The molecule has 6 nitrogen and oxygen atoms in total. The number of hydrogen-bond acceptors (Lipinski definition) is 4. The van der Waals surface area contributed by atoms with Gasteiger partial charge in [0, 0.05) is 24.8 Å². The molecule has 0 radical (unpaired) electrons. The van der Waals surface area contributed by atoms with Crippen LogP contribution in [0.5, 0.6) is 0 Å². The maximum atomic E-state index is 13.1. The first-order valence-electron chi connectivity index (χ1n) is 9.31. The molecule has 2 saturated heterocycles. The molecule has 2 fully saturated rings. The zero-order valence-electron chi connectivity index (χ0n) is 15.1. The molecule has 1 aromatic heterocycles. The molecule has 144 valence electrons. The van der Waals surface area contributed by atoms with Gasteiger partial charge in [0.25, 0.3) is 5.82 Å². The first kappa shape index (κ1) is 18.2. The number of aromatic nitrogens is 1. The maximum Gasteiger partial charge on any atom is 0.274 e. The van der Waals surface area contributed by atoms with Crippen molar-refractivity contribution in [2.45, 2.75) is 17.7 Å². The zero-order valence-corrected chi connectivity index (χ0v) is 16.0. The number of anilines is 2. The van der Waals surface area contributed by atoms with Gasteiger partial charge >= 0.3 is 0 Å². The van der Waals surface area contributed by atoms with Crippen LogP contribution >= 0.6 is 0 Å². The summed E-state index contributed by atoms with van der Waals surface area (Å²) in [5.41, 5.74) is 1.02. The molecule has 3 heterocycles. The number of rotatable bonds is 4. The lowest BCUT2D eigenvalue weighted by Gasteiger charge is -2.32. The Balaban J connectivity index is 1.41. The molecule has 0 aliphatic carbocycles. The predicted molar refractivity (Wildman–Crippen MR) is 102 cm³/mol. The lowest BCUT2D eigenvalue weighted by molar-refractivity contribution is -0.367. The number of nitrogens with one attached hydrogen (secondary N) is 1. The second kappa shape index (κ2) is 7.44. The molecule has 0 spiro atoms. The van der Waals surface area contributed by atoms with Crippen LogP contribution in [0.1, 0.15) is 12.8 Å². The highest BCUT2D eigenvalue weighted by Gasteiger charge is 2.29. The van der Waals surface area contributed by atoms with Gasteiger partial charge in [0.15, 0.2) is 0 Å². The Morgan fingerprint density at radius 2 is 1.44 bits per heavy atom. The molecule has 4 rings (SSSR count). The molecule has 8 heteroatoms. The van der Waals surface area contributed by atoms with Gasteiger partial charge in [-0.25, -0.2) is 17.8 Å². The second-order valence-electron chi connectivity index (χ2n) is 6.97. The van der Waals surface area contributed by atoms with Crippen molar-refractivity contribution in [2.75, 3.05) is 49.1 Å². The number of aromatic amines is 1. The molecular formula is C19H24FN4O2S+. The predicted octanol–water partition coefficient (Wildman–Crippen LogP) is 1.75. The molecule has 0 bridgehead atoms. The normalized spacial score (nSPS) is 18.9. The van der Waals surface area contributed by atoms with Crippen LogP contribution < -0.4 is 14.8 Å². The van der Waals surface area contributed by atoms with Crippen molar-refractivity contribution in [1.29, 1.82) is 0 Å². The lowest BCUT2D eigenvalue weighted by Crippen LogP contribution is -2.48. The Bertz CT molecular complexity index is 873. The van der Waals surface area contributed by atoms with Crippen molar-refractivity contribution in [2.24, 2.45) is 0 Å². The minimum atomic E-state index is -3.39. The molecule has 27 heavy (non-hydrogen) atoms. The van der Waals surface area contributed by atoms with Gasteiger partial charge < -0.3 is 4.90 Å². The zero-order chi connectivity index (χ0) is 18.9. The Morgan fingerprint density at radius 1 is 0.815 bits per heavy atom.